The van der Waals surface area contributed by atoms with Crippen LogP contribution in [0.1, 0.15) is 15.9 Å². The number of nitrogens with one attached hydrogen (secondary N) is 1. The summed E-state index contributed by atoms with van der Waals surface area (Å²) in [5.41, 5.74) is 4.40. The van der Waals surface area contributed by atoms with Crippen molar-refractivity contribution in [1.29, 1.82) is 0 Å². The van der Waals surface area contributed by atoms with Crippen LogP contribution in [0.4, 0.5) is 0 Å². The predicted molar refractivity (Wildman–Crippen MR) is 75.4 cm³/mol. The molecule has 0 aliphatic rings. The molecule has 3 rings (SSSR count). The van der Waals surface area contributed by atoms with Crippen LogP contribution < -0.4 is 0 Å². The van der Waals surface area contributed by atoms with E-state index in [0.717, 1.165) is 22.2 Å². The van der Waals surface area contributed by atoms with Gasteiger partial charge in [0.25, 0.3) is 0 Å². The highest BCUT2D eigenvalue weighted by Gasteiger charge is 2.08. The van der Waals surface area contributed by atoms with Crippen molar-refractivity contribution in [3.63, 3.8) is 0 Å². The highest BCUT2D eigenvalue weighted by Crippen LogP contribution is 2.26. The highest BCUT2D eigenvalue weighted by molar-refractivity contribution is 5.91. The monoisotopic (exact) mass is 251 g/mol. The minimum Gasteiger partial charge on any atom is -0.478 e. The molecule has 1 heterocycles. The first-order valence-corrected chi connectivity index (χ1v) is 6.07. The zero-order chi connectivity index (χ0) is 13.4. The van der Waals surface area contributed by atoms with Crippen molar-refractivity contribution in [2.75, 3.05) is 0 Å². The van der Waals surface area contributed by atoms with E-state index in [1.807, 2.05) is 24.3 Å². The van der Waals surface area contributed by atoms with Gasteiger partial charge in [0.05, 0.1) is 5.56 Å². The lowest BCUT2D eigenvalue weighted by molar-refractivity contribution is 0.0697. The molecule has 0 saturated heterocycles. The van der Waals surface area contributed by atoms with Gasteiger partial charge in [-0.2, -0.15) is 0 Å². The van der Waals surface area contributed by atoms with Gasteiger partial charge in [0.1, 0.15) is 0 Å². The Morgan fingerprint density at radius 2 is 1.89 bits per heavy atom. The molecule has 0 atom stereocenters. The molecule has 2 N–H and O–H groups in total. The number of H-pyrrole nitrogens is 1. The maximum absolute atomic E-state index is 11.0. The van der Waals surface area contributed by atoms with Gasteiger partial charge in [-0.3, -0.25) is 0 Å². The van der Waals surface area contributed by atoms with E-state index < -0.39 is 5.97 Å². The second kappa shape index (κ2) is 4.28. The molecule has 0 radical (unpaired) electrons. The fraction of sp³-hybridized carbons (Fsp3) is 0.0625. The Morgan fingerprint density at radius 1 is 1.11 bits per heavy atom. The lowest BCUT2D eigenvalue weighted by Crippen LogP contribution is -1.95. The van der Waals surface area contributed by atoms with E-state index in [2.05, 4.69) is 18.0 Å². The first kappa shape index (κ1) is 11.5. The Kier molecular flexibility index (Phi) is 2.60. The summed E-state index contributed by atoms with van der Waals surface area (Å²) in [6.07, 6.45) is 0. The van der Waals surface area contributed by atoms with Crippen molar-refractivity contribution in [1.82, 2.24) is 4.98 Å². The zero-order valence-electron chi connectivity index (χ0n) is 10.5. The molecule has 2 aromatic carbocycles. The van der Waals surface area contributed by atoms with Crippen molar-refractivity contribution < 1.29 is 9.90 Å². The molecule has 1 aromatic heterocycles. The number of carboxylic acids is 1. The van der Waals surface area contributed by atoms with Gasteiger partial charge in [0.2, 0.25) is 0 Å². The molecule has 0 bridgehead atoms. The second-order valence-corrected chi connectivity index (χ2v) is 4.61. The normalized spacial score (nSPS) is 10.8. The van der Waals surface area contributed by atoms with E-state index in [1.54, 1.807) is 18.2 Å². The van der Waals surface area contributed by atoms with Crippen molar-refractivity contribution in [3.05, 3.63) is 59.7 Å². The molecule has 0 aliphatic heterocycles. The third-order valence-corrected chi connectivity index (χ3v) is 3.29. The molecule has 0 saturated carbocycles. The number of fused-ring (bicyclic) bond motifs is 1. The van der Waals surface area contributed by atoms with E-state index in [9.17, 15) is 4.79 Å². The third-order valence-electron chi connectivity index (χ3n) is 3.29. The van der Waals surface area contributed by atoms with Gasteiger partial charge in [-0.1, -0.05) is 30.3 Å². The zero-order valence-corrected chi connectivity index (χ0v) is 10.5. The molecule has 94 valence electrons. The van der Waals surface area contributed by atoms with Crippen molar-refractivity contribution in [2.24, 2.45) is 0 Å². The highest BCUT2D eigenvalue weighted by atomic mass is 16.4. The number of hydrogen-bond acceptors (Lipinski definition) is 1. The molecular weight excluding hydrogens is 238 g/mol. The molecule has 3 aromatic rings. The fourth-order valence-corrected chi connectivity index (χ4v) is 2.28. The molecule has 0 fully saturated rings. The SMILES string of the molecule is Cc1cccc2cc(-c3cccc(C(=O)O)c3)[nH]c12. The number of carboxylic acid groups (broad SMARTS) is 1. The molecule has 3 nitrogen and oxygen atoms in total. The van der Waals surface area contributed by atoms with Gasteiger partial charge in [0, 0.05) is 16.6 Å². The second-order valence-electron chi connectivity index (χ2n) is 4.61. The minimum absolute atomic E-state index is 0.299. The van der Waals surface area contributed by atoms with Gasteiger partial charge < -0.3 is 10.1 Å². The van der Waals surface area contributed by atoms with Crippen LogP contribution in [0.3, 0.4) is 0 Å². The Hall–Kier alpha value is -2.55. The summed E-state index contributed by atoms with van der Waals surface area (Å²) < 4.78 is 0. The number of para-hydroxylation sites is 1. The molecule has 3 heteroatoms. The molecule has 0 amide bonds. The molecule has 0 aliphatic carbocycles. The van der Waals surface area contributed by atoms with Crippen LogP contribution in [0.25, 0.3) is 22.2 Å². The average molecular weight is 251 g/mol. The van der Waals surface area contributed by atoms with Gasteiger partial charge in [-0.15, -0.1) is 0 Å². The first-order chi connectivity index (χ1) is 9.15. The lowest BCUT2D eigenvalue weighted by Gasteiger charge is -2.00. The van der Waals surface area contributed by atoms with E-state index in [1.165, 1.54) is 5.56 Å². The summed E-state index contributed by atoms with van der Waals surface area (Å²) in [4.78, 5) is 14.4. The number of carbonyl (C=O) groups is 1. The van der Waals surface area contributed by atoms with Crippen LogP contribution in [0.15, 0.2) is 48.5 Å². The maximum atomic E-state index is 11.0. The third kappa shape index (κ3) is 1.99. The van der Waals surface area contributed by atoms with E-state index in [0.29, 0.717) is 5.56 Å². The van der Waals surface area contributed by atoms with Gasteiger partial charge in [-0.25, -0.2) is 4.79 Å². The minimum atomic E-state index is -0.908. The summed E-state index contributed by atoms with van der Waals surface area (Å²) >= 11 is 0. The molecule has 0 spiro atoms. The molecule has 19 heavy (non-hydrogen) atoms. The van der Waals surface area contributed by atoms with Crippen molar-refractivity contribution in [3.8, 4) is 11.3 Å². The molecule has 0 unspecified atom stereocenters. The Balaban J connectivity index is 2.16. The van der Waals surface area contributed by atoms with E-state index in [-0.39, 0.29) is 0 Å². The number of aromatic amines is 1. The van der Waals surface area contributed by atoms with Crippen molar-refractivity contribution in [2.45, 2.75) is 6.92 Å². The average Bonchev–Trinajstić information content (AvgIpc) is 2.84. The van der Waals surface area contributed by atoms with Crippen LogP contribution in [0.2, 0.25) is 0 Å². The summed E-state index contributed by atoms with van der Waals surface area (Å²) in [5, 5.41) is 10.2. The van der Waals surface area contributed by atoms with Crippen LogP contribution >= 0.6 is 0 Å². The predicted octanol–water partition coefficient (Wildman–Crippen LogP) is 3.84. The lowest BCUT2D eigenvalue weighted by atomic mass is 10.1. The maximum Gasteiger partial charge on any atom is 0.335 e. The first-order valence-electron chi connectivity index (χ1n) is 6.07. The van der Waals surface area contributed by atoms with E-state index >= 15 is 0 Å². The van der Waals surface area contributed by atoms with Crippen LogP contribution in [-0.4, -0.2) is 16.1 Å². The van der Waals surface area contributed by atoms with Crippen LogP contribution in [0.5, 0.6) is 0 Å². The number of aromatic nitrogens is 1. The van der Waals surface area contributed by atoms with Crippen LogP contribution in [0, 0.1) is 6.92 Å². The number of rotatable bonds is 2. The Bertz CT molecular complexity index is 771. The number of hydrogen-bond donors (Lipinski definition) is 2. The summed E-state index contributed by atoms with van der Waals surface area (Å²) in [6.45, 7) is 2.05. The number of benzene rings is 2. The Labute approximate surface area is 110 Å². The quantitative estimate of drug-likeness (QED) is 0.727. The fourth-order valence-electron chi connectivity index (χ4n) is 2.28. The molecular formula is C16H13NO2. The topological polar surface area (TPSA) is 53.1 Å². The summed E-state index contributed by atoms with van der Waals surface area (Å²) in [7, 11) is 0. The number of aryl methyl sites for hydroxylation is 1. The van der Waals surface area contributed by atoms with E-state index in [4.69, 9.17) is 5.11 Å². The number of aromatic carboxylic acids is 1. The summed E-state index contributed by atoms with van der Waals surface area (Å²) in [6, 6.07) is 15.1. The largest absolute Gasteiger partial charge is 0.478 e. The van der Waals surface area contributed by atoms with Gasteiger partial charge in [0.15, 0.2) is 0 Å². The van der Waals surface area contributed by atoms with Gasteiger partial charge in [-0.05, 0) is 36.2 Å². The van der Waals surface area contributed by atoms with Gasteiger partial charge >= 0.3 is 5.97 Å². The standard InChI is InChI=1S/C16H13NO2/c1-10-4-2-6-12-9-14(17-15(10)12)11-5-3-7-13(8-11)16(18)19/h2-9,17H,1H3,(H,18,19). The summed E-state index contributed by atoms with van der Waals surface area (Å²) in [5.74, 6) is -0.908. The van der Waals surface area contributed by atoms with Crippen LogP contribution in [-0.2, 0) is 0 Å². The Morgan fingerprint density at radius 3 is 2.63 bits per heavy atom. The van der Waals surface area contributed by atoms with Crippen molar-refractivity contribution >= 4 is 16.9 Å². The smallest absolute Gasteiger partial charge is 0.335 e.